The van der Waals surface area contributed by atoms with Crippen molar-refractivity contribution in [3.8, 4) is 0 Å². The maximum Gasteiger partial charge on any atom is 0.243 e. The van der Waals surface area contributed by atoms with E-state index in [-0.39, 0.29) is 31.1 Å². The molecule has 11 nitrogen and oxygen atoms in total. The first-order chi connectivity index (χ1) is 19.1. The number of rotatable bonds is 14. The number of nitrogens with one attached hydrogen (secondary N) is 4. The molecule has 0 heterocycles. The third kappa shape index (κ3) is 9.27. The van der Waals surface area contributed by atoms with Crippen LogP contribution in [0.1, 0.15) is 27.8 Å². The summed E-state index contributed by atoms with van der Waals surface area (Å²) in [5, 5.41) is 13.0. The third-order valence-electron chi connectivity index (χ3n) is 6.11. The number of carbonyl (C=O) groups is 2. The van der Waals surface area contributed by atoms with Gasteiger partial charge in [-0.05, 0) is 22.3 Å². The van der Waals surface area contributed by atoms with Gasteiger partial charge in [-0.25, -0.2) is 13.1 Å². The van der Waals surface area contributed by atoms with Gasteiger partial charge in [0, 0.05) is 31.6 Å². The predicted octanol–water partition coefficient (Wildman–Crippen LogP) is 0.220. The Morgan fingerprint density at radius 1 is 0.800 bits per heavy atom. The molecule has 2 unspecified atom stereocenters. The smallest absolute Gasteiger partial charge is 0.243 e. The molecule has 10 N–H and O–H groups in total. The number of sulfonamides is 1. The molecular weight excluding hydrogens is 530 g/mol. The van der Waals surface area contributed by atoms with Gasteiger partial charge in [-0.1, -0.05) is 78.9 Å². The van der Waals surface area contributed by atoms with Gasteiger partial charge in [0.15, 0.2) is 0 Å². The van der Waals surface area contributed by atoms with E-state index in [0.29, 0.717) is 17.7 Å². The Kier molecular flexibility index (Phi) is 10.9. The monoisotopic (exact) mass is 565 g/mol. The first kappa shape index (κ1) is 30.4. The van der Waals surface area contributed by atoms with Gasteiger partial charge in [0.05, 0.1) is 5.75 Å². The molecule has 0 bridgehead atoms. The molecule has 0 saturated carbocycles. The van der Waals surface area contributed by atoms with Crippen molar-refractivity contribution >= 4 is 27.7 Å². The van der Waals surface area contributed by atoms with Crippen molar-refractivity contribution in [2.24, 2.45) is 17.2 Å². The van der Waals surface area contributed by atoms with E-state index in [9.17, 15) is 18.0 Å². The zero-order valence-electron chi connectivity index (χ0n) is 22.0. The number of benzene rings is 3. The van der Waals surface area contributed by atoms with Gasteiger partial charge in [-0.15, -0.1) is 0 Å². The summed E-state index contributed by atoms with van der Waals surface area (Å²) in [5.74, 6) is -1.58. The number of hydrogen-bond acceptors (Lipinski definition) is 7. The summed E-state index contributed by atoms with van der Waals surface area (Å²) in [6.07, 6.45) is 0.142. The van der Waals surface area contributed by atoms with Gasteiger partial charge >= 0.3 is 0 Å². The molecule has 2 amide bonds. The van der Waals surface area contributed by atoms with Gasteiger partial charge in [0.1, 0.15) is 17.9 Å². The third-order valence-corrected chi connectivity index (χ3v) is 7.46. The average molecular weight is 566 g/mol. The maximum absolute atomic E-state index is 13.2. The quantitative estimate of drug-likeness (QED) is 0.107. The zero-order chi connectivity index (χ0) is 29.1. The van der Waals surface area contributed by atoms with E-state index >= 15 is 0 Å². The molecule has 2 atom stereocenters. The number of hydrogen-bond donors (Lipinski definition) is 7. The van der Waals surface area contributed by atoms with Crippen LogP contribution in [0, 0.1) is 5.41 Å². The lowest BCUT2D eigenvalue weighted by Crippen LogP contribution is -2.56. The second kappa shape index (κ2) is 14.3. The van der Waals surface area contributed by atoms with Crippen molar-refractivity contribution in [3.05, 3.63) is 107 Å². The van der Waals surface area contributed by atoms with Crippen LogP contribution in [-0.2, 0) is 44.9 Å². The lowest BCUT2D eigenvalue weighted by atomic mass is 10.0. The van der Waals surface area contributed by atoms with Gasteiger partial charge < -0.3 is 27.8 Å². The van der Waals surface area contributed by atoms with Gasteiger partial charge in [-0.3, -0.25) is 15.0 Å². The predicted molar refractivity (Wildman–Crippen MR) is 154 cm³/mol. The highest BCUT2D eigenvalue weighted by Crippen LogP contribution is 2.10. The number of nitrogens with two attached hydrogens (primary N) is 3. The zero-order valence-corrected chi connectivity index (χ0v) is 22.8. The van der Waals surface area contributed by atoms with Crippen LogP contribution >= 0.6 is 0 Å². The number of nitrogen functional groups attached to an aromatic ring is 1. The Labute approximate surface area is 234 Å². The average Bonchev–Trinajstić information content (AvgIpc) is 2.94. The Balaban J connectivity index is 1.73. The molecule has 0 aromatic heterocycles. The fourth-order valence-corrected chi connectivity index (χ4v) is 5.33. The number of carbonyl (C=O) groups excluding carboxylic acids is 2. The minimum Gasteiger partial charge on any atom is -0.384 e. The highest BCUT2D eigenvalue weighted by atomic mass is 32.2. The molecule has 0 spiro atoms. The fourth-order valence-electron chi connectivity index (χ4n) is 3.98. The van der Waals surface area contributed by atoms with Crippen molar-refractivity contribution in [2.75, 3.05) is 6.54 Å². The molecule has 0 fully saturated rings. The summed E-state index contributed by atoms with van der Waals surface area (Å²) in [6, 6.07) is 20.4. The fraction of sp³-hybridized carbons (Fsp3) is 0.250. The summed E-state index contributed by atoms with van der Waals surface area (Å²) < 4.78 is 27.8. The number of amides is 2. The van der Waals surface area contributed by atoms with Crippen LogP contribution in [0.25, 0.3) is 0 Å². The van der Waals surface area contributed by atoms with Crippen LogP contribution in [-0.4, -0.2) is 44.7 Å². The van der Waals surface area contributed by atoms with E-state index in [1.165, 1.54) is 0 Å². The van der Waals surface area contributed by atoms with E-state index in [1.807, 2.05) is 24.3 Å². The Bertz CT molecular complexity index is 1410. The van der Waals surface area contributed by atoms with E-state index in [2.05, 4.69) is 15.4 Å². The van der Waals surface area contributed by atoms with Crippen LogP contribution in [0.3, 0.4) is 0 Å². The summed E-state index contributed by atoms with van der Waals surface area (Å²) in [6.45, 7) is 0.168. The van der Waals surface area contributed by atoms with Crippen LogP contribution in [0.15, 0.2) is 78.9 Å². The summed E-state index contributed by atoms with van der Waals surface area (Å²) in [7, 11) is -3.90. The summed E-state index contributed by atoms with van der Waals surface area (Å²) >= 11 is 0. The van der Waals surface area contributed by atoms with E-state index in [4.69, 9.17) is 22.6 Å². The van der Waals surface area contributed by atoms with Crippen LogP contribution in [0.2, 0.25) is 0 Å². The molecule has 3 aromatic rings. The molecule has 3 rings (SSSR count). The van der Waals surface area contributed by atoms with Gasteiger partial charge in [-0.2, -0.15) is 0 Å². The number of amidine groups is 1. The molecule has 0 aliphatic rings. The lowest BCUT2D eigenvalue weighted by Gasteiger charge is -2.23. The standard InChI is InChI=1S/C28H35N7O4S/c29-15-22-8-4-7-21(13-22)14-24(27(36)33-17-19-9-11-23(12-10-19)26(31)32)34-28(37)25(16-30)35-40(38,39)18-20-5-2-1-3-6-20/h1-13,24-25,35H,14-18,29-30H2,(H3,31,32)(H,33,36)(H,34,37). The Hall–Kier alpha value is -4.10. The van der Waals surface area contributed by atoms with Gasteiger partial charge in [0.25, 0.3) is 0 Å². The van der Waals surface area contributed by atoms with Gasteiger partial charge in [0.2, 0.25) is 21.8 Å². The Morgan fingerprint density at radius 2 is 1.45 bits per heavy atom. The Morgan fingerprint density at radius 3 is 2.08 bits per heavy atom. The summed E-state index contributed by atoms with van der Waals surface area (Å²) in [4.78, 5) is 26.4. The first-order valence-electron chi connectivity index (χ1n) is 12.6. The minimum atomic E-state index is -3.90. The van der Waals surface area contributed by atoms with E-state index < -0.39 is 33.9 Å². The van der Waals surface area contributed by atoms with Crippen molar-refractivity contribution in [3.63, 3.8) is 0 Å². The largest absolute Gasteiger partial charge is 0.384 e. The van der Waals surface area contributed by atoms with E-state index in [1.54, 1.807) is 54.6 Å². The van der Waals surface area contributed by atoms with Crippen LogP contribution < -0.4 is 32.6 Å². The maximum atomic E-state index is 13.2. The highest BCUT2D eigenvalue weighted by molar-refractivity contribution is 7.88. The molecule has 3 aromatic carbocycles. The SMILES string of the molecule is N=C(N)c1ccc(CNC(=O)C(Cc2cccc(CN)c2)NC(=O)C(CN)NS(=O)(=O)Cc2ccccc2)cc1. The normalized spacial score (nSPS) is 12.8. The molecular formula is C28H35N7O4S. The molecule has 0 radical (unpaired) electrons. The molecule has 0 saturated heterocycles. The van der Waals surface area contributed by atoms with Crippen LogP contribution in [0.5, 0.6) is 0 Å². The second-order valence-electron chi connectivity index (χ2n) is 9.27. The summed E-state index contributed by atoms with van der Waals surface area (Å²) in [5.41, 5.74) is 20.5. The first-order valence-corrected chi connectivity index (χ1v) is 14.3. The van der Waals surface area contributed by atoms with Crippen molar-refractivity contribution in [1.82, 2.24) is 15.4 Å². The molecule has 0 aliphatic heterocycles. The topological polar surface area (TPSA) is 206 Å². The molecule has 40 heavy (non-hydrogen) atoms. The minimum absolute atomic E-state index is 0.0630. The highest BCUT2D eigenvalue weighted by Gasteiger charge is 2.28. The van der Waals surface area contributed by atoms with E-state index in [0.717, 1.165) is 16.7 Å². The van der Waals surface area contributed by atoms with Crippen molar-refractivity contribution in [1.29, 1.82) is 5.41 Å². The molecule has 0 aliphatic carbocycles. The van der Waals surface area contributed by atoms with Crippen LogP contribution in [0.4, 0.5) is 0 Å². The van der Waals surface area contributed by atoms with Crippen molar-refractivity contribution in [2.45, 2.75) is 37.3 Å². The second-order valence-corrected chi connectivity index (χ2v) is 11.0. The lowest BCUT2D eigenvalue weighted by molar-refractivity contribution is -0.129. The molecule has 12 heteroatoms. The molecule has 212 valence electrons. The van der Waals surface area contributed by atoms with Crippen molar-refractivity contribution < 1.29 is 18.0 Å².